The van der Waals surface area contributed by atoms with Crippen LogP contribution in [-0.4, -0.2) is 21.2 Å². The number of rotatable bonds is 5. The highest BCUT2D eigenvalue weighted by Gasteiger charge is 2.17. The number of aliphatic hydroxyl groups excluding tert-OH is 1. The standard InChI is InChI=1S/C14H17N3O3/c1-3-9(2)11-6-13(20-17-11)14(19)16-12-7-15-5-4-10(12)8-18/h4-7,9,18H,3,8H2,1-2H3,(H,16,19). The van der Waals surface area contributed by atoms with Gasteiger partial charge in [-0.25, -0.2) is 0 Å². The lowest BCUT2D eigenvalue weighted by molar-refractivity contribution is 0.0987. The van der Waals surface area contributed by atoms with Gasteiger partial charge >= 0.3 is 0 Å². The third kappa shape index (κ3) is 3.03. The molecule has 1 atom stereocenters. The Hall–Kier alpha value is -2.21. The van der Waals surface area contributed by atoms with E-state index in [-0.39, 0.29) is 18.3 Å². The number of carbonyl (C=O) groups excluding carboxylic acids is 1. The fourth-order valence-electron chi connectivity index (χ4n) is 1.69. The molecule has 0 aliphatic carbocycles. The van der Waals surface area contributed by atoms with E-state index in [9.17, 15) is 9.90 Å². The predicted octanol–water partition coefficient (Wildman–Crippen LogP) is 2.33. The molecule has 2 heterocycles. The number of hydrogen-bond donors (Lipinski definition) is 2. The van der Waals surface area contributed by atoms with Gasteiger partial charge in [-0.15, -0.1) is 0 Å². The molecule has 1 amide bonds. The van der Waals surface area contributed by atoms with E-state index in [2.05, 4.69) is 15.5 Å². The van der Waals surface area contributed by atoms with E-state index in [0.29, 0.717) is 11.3 Å². The summed E-state index contributed by atoms with van der Waals surface area (Å²) in [4.78, 5) is 16.0. The van der Waals surface area contributed by atoms with Crippen molar-refractivity contribution in [2.75, 3.05) is 5.32 Å². The molecule has 0 aromatic carbocycles. The molecule has 2 rings (SSSR count). The van der Waals surface area contributed by atoms with Crippen LogP contribution in [0.15, 0.2) is 29.0 Å². The van der Waals surface area contributed by atoms with Gasteiger partial charge in [-0.2, -0.15) is 0 Å². The number of amides is 1. The number of anilines is 1. The molecule has 0 bridgehead atoms. The van der Waals surface area contributed by atoms with Gasteiger partial charge in [0.25, 0.3) is 5.91 Å². The van der Waals surface area contributed by atoms with Crippen molar-refractivity contribution in [3.8, 4) is 0 Å². The summed E-state index contributed by atoms with van der Waals surface area (Å²) in [5.41, 5.74) is 1.81. The Morgan fingerprint density at radius 2 is 2.35 bits per heavy atom. The first-order valence-corrected chi connectivity index (χ1v) is 6.47. The summed E-state index contributed by atoms with van der Waals surface area (Å²) in [6, 6.07) is 3.28. The molecule has 6 nitrogen and oxygen atoms in total. The van der Waals surface area contributed by atoms with Gasteiger partial charge in [0.1, 0.15) is 0 Å². The van der Waals surface area contributed by atoms with Crippen molar-refractivity contribution >= 4 is 11.6 Å². The normalized spacial score (nSPS) is 12.2. The Bertz CT molecular complexity index is 595. The molecule has 1 unspecified atom stereocenters. The van der Waals surface area contributed by atoms with Crippen LogP contribution in [0.3, 0.4) is 0 Å². The third-order valence-corrected chi connectivity index (χ3v) is 3.20. The zero-order chi connectivity index (χ0) is 14.5. The summed E-state index contributed by atoms with van der Waals surface area (Å²) < 4.78 is 5.05. The van der Waals surface area contributed by atoms with Crippen LogP contribution >= 0.6 is 0 Å². The Kier molecular flexibility index (Phi) is 4.47. The van der Waals surface area contributed by atoms with E-state index in [1.165, 1.54) is 6.20 Å². The highest BCUT2D eigenvalue weighted by molar-refractivity contribution is 6.02. The molecule has 0 spiro atoms. The summed E-state index contributed by atoms with van der Waals surface area (Å²) in [7, 11) is 0. The second-order valence-corrected chi connectivity index (χ2v) is 4.57. The highest BCUT2D eigenvalue weighted by Crippen LogP contribution is 2.19. The van der Waals surface area contributed by atoms with Crippen molar-refractivity contribution in [3.63, 3.8) is 0 Å². The number of aromatic nitrogens is 2. The smallest absolute Gasteiger partial charge is 0.294 e. The largest absolute Gasteiger partial charge is 0.392 e. The fraction of sp³-hybridized carbons (Fsp3) is 0.357. The van der Waals surface area contributed by atoms with Gasteiger partial charge < -0.3 is 14.9 Å². The van der Waals surface area contributed by atoms with Gasteiger partial charge in [-0.05, 0) is 12.5 Å². The van der Waals surface area contributed by atoms with Crippen LogP contribution in [0.5, 0.6) is 0 Å². The summed E-state index contributed by atoms with van der Waals surface area (Å²) >= 11 is 0. The van der Waals surface area contributed by atoms with Crippen LogP contribution in [-0.2, 0) is 6.61 Å². The molecule has 2 aromatic rings. The Labute approximate surface area is 116 Å². The molecule has 0 aliphatic heterocycles. The topological polar surface area (TPSA) is 88.2 Å². The van der Waals surface area contributed by atoms with Crippen LogP contribution in [0.2, 0.25) is 0 Å². The number of aliphatic hydroxyl groups is 1. The molecular formula is C14H17N3O3. The summed E-state index contributed by atoms with van der Waals surface area (Å²) in [5.74, 6) is -0.0190. The minimum Gasteiger partial charge on any atom is -0.392 e. The number of nitrogens with one attached hydrogen (secondary N) is 1. The van der Waals surface area contributed by atoms with Crippen molar-refractivity contribution in [1.29, 1.82) is 0 Å². The van der Waals surface area contributed by atoms with Crippen LogP contribution in [0.25, 0.3) is 0 Å². The van der Waals surface area contributed by atoms with Crippen LogP contribution in [0.4, 0.5) is 5.69 Å². The first-order chi connectivity index (χ1) is 9.65. The minimum absolute atomic E-state index is 0.146. The van der Waals surface area contributed by atoms with Gasteiger partial charge in [-0.3, -0.25) is 9.78 Å². The average molecular weight is 275 g/mol. The maximum atomic E-state index is 12.1. The second-order valence-electron chi connectivity index (χ2n) is 4.57. The Balaban J connectivity index is 2.14. The highest BCUT2D eigenvalue weighted by atomic mass is 16.5. The number of carbonyl (C=O) groups is 1. The van der Waals surface area contributed by atoms with Crippen molar-refractivity contribution in [3.05, 3.63) is 41.5 Å². The van der Waals surface area contributed by atoms with Gasteiger partial charge in [0, 0.05) is 23.7 Å². The van der Waals surface area contributed by atoms with E-state index in [1.807, 2.05) is 13.8 Å². The van der Waals surface area contributed by atoms with Gasteiger partial charge in [0.2, 0.25) is 5.76 Å². The molecule has 0 saturated heterocycles. The van der Waals surface area contributed by atoms with E-state index in [4.69, 9.17) is 4.52 Å². The molecule has 0 aliphatic rings. The SMILES string of the molecule is CCC(C)c1cc(C(=O)Nc2cnccc2CO)on1. The van der Waals surface area contributed by atoms with Crippen LogP contribution < -0.4 is 5.32 Å². The number of nitrogens with zero attached hydrogens (tertiary/aromatic N) is 2. The monoisotopic (exact) mass is 275 g/mol. The molecule has 0 radical (unpaired) electrons. The third-order valence-electron chi connectivity index (χ3n) is 3.20. The quantitative estimate of drug-likeness (QED) is 0.874. The van der Waals surface area contributed by atoms with Crippen molar-refractivity contribution in [2.24, 2.45) is 0 Å². The first kappa shape index (κ1) is 14.2. The summed E-state index contributed by atoms with van der Waals surface area (Å²) in [6.07, 6.45) is 3.96. The Morgan fingerprint density at radius 1 is 1.55 bits per heavy atom. The lowest BCUT2D eigenvalue weighted by Crippen LogP contribution is -2.12. The molecule has 0 fully saturated rings. The van der Waals surface area contributed by atoms with Crippen molar-refractivity contribution in [1.82, 2.24) is 10.1 Å². The average Bonchev–Trinajstić information content (AvgIpc) is 2.97. The molecule has 6 heteroatoms. The Morgan fingerprint density at radius 3 is 3.05 bits per heavy atom. The van der Waals surface area contributed by atoms with E-state index in [1.54, 1.807) is 18.3 Å². The van der Waals surface area contributed by atoms with E-state index < -0.39 is 5.91 Å². The van der Waals surface area contributed by atoms with Crippen molar-refractivity contribution in [2.45, 2.75) is 32.8 Å². The minimum atomic E-state index is -0.408. The molecule has 106 valence electrons. The number of hydrogen-bond acceptors (Lipinski definition) is 5. The van der Waals surface area contributed by atoms with E-state index >= 15 is 0 Å². The summed E-state index contributed by atoms with van der Waals surface area (Å²) in [6.45, 7) is 3.89. The van der Waals surface area contributed by atoms with Crippen LogP contribution in [0, 0.1) is 0 Å². The molecule has 0 saturated carbocycles. The second kappa shape index (κ2) is 6.29. The maximum Gasteiger partial charge on any atom is 0.294 e. The predicted molar refractivity (Wildman–Crippen MR) is 73.3 cm³/mol. The zero-order valence-electron chi connectivity index (χ0n) is 11.5. The summed E-state index contributed by atoms with van der Waals surface area (Å²) in [5, 5.41) is 15.7. The maximum absolute atomic E-state index is 12.1. The molecule has 20 heavy (non-hydrogen) atoms. The first-order valence-electron chi connectivity index (χ1n) is 6.47. The van der Waals surface area contributed by atoms with E-state index in [0.717, 1.165) is 12.1 Å². The number of pyridine rings is 1. The molecular weight excluding hydrogens is 258 g/mol. The molecule has 2 aromatic heterocycles. The lowest BCUT2D eigenvalue weighted by atomic mass is 10.1. The zero-order valence-corrected chi connectivity index (χ0v) is 11.5. The molecule has 2 N–H and O–H groups in total. The van der Waals surface area contributed by atoms with Crippen LogP contribution in [0.1, 0.15) is 48.0 Å². The van der Waals surface area contributed by atoms with Gasteiger partial charge in [0.15, 0.2) is 0 Å². The van der Waals surface area contributed by atoms with Gasteiger partial charge in [0.05, 0.1) is 24.2 Å². The lowest BCUT2D eigenvalue weighted by Gasteiger charge is -2.06. The fourth-order valence-corrected chi connectivity index (χ4v) is 1.69. The van der Waals surface area contributed by atoms with Crippen molar-refractivity contribution < 1.29 is 14.4 Å². The van der Waals surface area contributed by atoms with Gasteiger partial charge in [-0.1, -0.05) is 19.0 Å².